The summed E-state index contributed by atoms with van der Waals surface area (Å²) >= 11 is 0. The van der Waals surface area contributed by atoms with Gasteiger partial charge in [0.25, 0.3) is 7.82 Å². The first kappa shape index (κ1) is 64.2. The summed E-state index contributed by atoms with van der Waals surface area (Å²) in [7, 11) is 1.35. The van der Waals surface area contributed by atoms with E-state index in [9.17, 15) is 14.3 Å². The third kappa shape index (κ3) is 53.2. The van der Waals surface area contributed by atoms with Crippen molar-refractivity contribution in [1.82, 2.24) is 0 Å². The number of esters is 1. The van der Waals surface area contributed by atoms with Crippen molar-refractivity contribution < 1.29 is 37.3 Å². The van der Waals surface area contributed by atoms with Crippen LogP contribution < -0.4 is 4.89 Å². The second-order valence-corrected chi connectivity index (χ2v) is 21.0. The van der Waals surface area contributed by atoms with Crippen LogP contribution in [0.4, 0.5) is 0 Å². The lowest BCUT2D eigenvalue weighted by atomic mass is 10.0. The number of phosphoric ester groups is 1. The molecular formula is C57H106NO7P. The zero-order valence-electron chi connectivity index (χ0n) is 43.9. The van der Waals surface area contributed by atoms with Gasteiger partial charge in [-0.05, 0) is 57.8 Å². The average molecular weight is 948 g/mol. The van der Waals surface area contributed by atoms with E-state index in [4.69, 9.17) is 18.5 Å². The highest BCUT2D eigenvalue weighted by molar-refractivity contribution is 7.45. The maximum atomic E-state index is 12.8. The number of ether oxygens (including phenoxy) is 2. The van der Waals surface area contributed by atoms with Crippen LogP contribution in [-0.2, 0) is 27.9 Å². The highest BCUT2D eigenvalue weighted by atomic mass is 31.2. The first-order valence-corrected chi connectivity index (χ1v) is 29.0. The first-order chi connectivity index (χ1) is 32.1. The van der Waals surface area contributed by atoms with Crippen LogP contribution >= 0.6 is 7.82 Å². The van der Waals surface area contributed by atoms with E-state index in [1.165, 1.54) is 148 Å². The van der Waals surface area contributed by atoms with Gasteiger partial charge < -0.3 is 27.9 Å². The molecule has 0 saturated carbocycles. The molecule has 2 atom stereocenters. The van der Waals surface area contributed by atoms with E-state index in [0.29, 0.717) is 24.1 Å². The monoisotopic (exact) mass is 948 g/mol. The number of unbranched alkanes of at least 4 members (excludes halogenated alkanes) is 27. The minimum Gasteiger partial charge on any atom is -0.756 e. The molecule has 0 aromatic heterocycles. The topological polar surface area (TPSA) is 94.1 Å². The summed E-state index contributed by atoms with van der Waals surface area (Å²) in [6.07, 6.45) is 63.9. The SMILES string of the molecule is CC/C=C\C/C=C\C/C=C\C/C=C\C/C=C\CCCCCCCCCCOCC(COP(=O)([O-])OCC[N+](C)(C)C)OC(=O)CCCCCCCCCCCCCCCCCCCCCC. The number of likely N-dealkylation sites (N-methyl/N-ethyl adjacent to an activating group) is 1. The molecule has 0 rings (SSSR count). The lowest BCUT2D eigenvalue weighted by molar-refractivity contribution is -0.870. The quantitative estimate of drug-likeness (QED) is 0.0197. The van der Waals surface area contributed by atoms with Gasteiger partial charge in [-0.2, -0.15) is 0 Å². The maximum Gasteiger partial charge on any atom is 0.306 e. The van der Waals surface area contributed by atoms with Crippen LogP contribution in [-0.4, -0.2) is 70.7 Å². The number of rotatable bonds is 51. The van der Waals surface area contributed by atoms with Crippen LogP contribution in [0.25, 0.3) is 0 Å². The summed E-state index contributed by atoms with van der Waals surface area (Å²) in [5, 5.41) is 0. The molecule has 0 fully saturated rings. The highest BCUT2D eigenvalue weighted by Crippen LogP contribution is 2.38. The second kappa shape index (κ2) is 49.6. The van der Waals surface area contributed by atoms with Crippen LogP contribution in [0, 0.1) is 0 Å². The minimum atomic E-state index is -4.54. The Morgan fingerprint density at radius 3 is 1.32 bits per heavy atom. The van der Waals surface area contributed by atoms with Gasteiger partial charge in [0.05, 0.1) is 34.4 Å². The second-order valence-electron chi connectivity index (χ2n) is 19.6. The van der Waals surface area contributed by atoms with Gasteiger partial charge >= 0.3 is 5.97 Å². The Hall–Kier alpha value is -1.80. The van der Waals surface area contributed by atoms with E-state index in [-0.39, 0.29) is 25.8 Å². The van der Waals surface area contributed by atoms with Crippen molar-refractivity contribution in [2.75, 3.05) is 54.1 Å². The van der Waals surface area contributed by atoms with Gasteiger partial charge in [0.2, 0.25) is 0 Å². The summed E-state index contributed by atoms with van der Waals surface area (Å²) in [6, 6.07) is 0. The smallest absolute Gasteiger partial charge is 0.306 e. The van der Waals surface area contributed by atoms with Crippen molar-refractivity contribution >= 4 is 13.8 Å². The summed E-state index contributed by atoms with van der Waals surface area (Å²) in [4.78, 5) is 25.2. The summed E-state index contributed by atoms with van der Waals surface area (Å²) in [5.41, 5.74) is 0. The molecule has 0 aliphatic carbocycles. The molecular weight excluding hydrogens is 842 g/mol. The van der Waals surface area contributed by atoms with Gasteiger partial charge in [-0.25, -0.2) is 0 Å². The fourth-order valence-electron chi connectivity index (χ4n) is 7.63. The third-order valence-electron chi connectivity index (χ3n) is 11.8. The molecule has 0 aliphatic rings. The molecule has 8 nitrogen and oxygen atoms in total. The van der Waals surface area contributed by atoms with Crippen LogP contribution in [0.15, 0.2) is 60.8 Å². The Labute approximate surface area is 409 Å². The van der Waals surface area contributed by atoms with E-state index in [1.807, 2.05) is 21.1 Å². The molecule has 0 N–H and O–H groups in total. The zero-order valence-corrected chi connectivity index (χ0v) is 44.8. The van der Waals surface area contributed by atoms with Gasteiger partial charge in [0.1, 0.15) is 19.3 Å². The first-order valence-electron chi connectivity index (χ1n) is 27.5. The number of carbonyl (C=O) groups is 1. The highest BCUT2D eigenvalue weighted by Gasteiger charge is 2.20. The van der Waals surface area contributed by atoms with Crippen LogP contribution in [0.2, 0.25) is 0 Å². The number of phosphoric acid groups is 1. The van der Waals surface area contributed by atoms with Crippen LogP contribution in [0.5, 0.6) is 0 Å². The number of hydrogen-bond donors (Lipinski definition) is 0. The Balaban J connectivity index is 4.12. The molecule has 2 unspecified atom stereocenters. The Morgan fingerprint density at radius 1 is 0.485 bits per heavy atom. The molecule has 0 aromatic rings. The molecule has 9 heteroatoms. The van der Waals surface area contributed by atoms with Gasteiger partial charge in [-0.1, -0.05) is 235 Å². The number of carbonyl (C=O) groups excluding carboxylic acids is 1. The van der Waals surface area contributed by atoms with Crippen molar-refractivity contribution in [2.24, 2.45) is 0 Å². The zero-order chi connectivity index (χ0) is 48.3. The molecule has 0 amide bonds. The number of nitrogens with zero attached hydrogens (tertiary/aromatic N) is 1. The predicted octanol–water partition coefficient (Wildman–Crippen LogP) is 16.6. The van der Waals surface area contributed by atoms with Gasteiger partial charge in [0.15, 0.2) is 0 Å². The van der Waals surface area contributed by atoms with Crippen molar-refractivity contribution in [3.8, 4) is 0 Å². The molecule has 0 saturated heterocycles. The fraction of sp³-hybridized carbons (Fsp3) is 0.807. The lowest BCUT2D eigenvalue weighted by Gasteiger charge is -2.28. The predicted molar refractivity (Wildman–Crippen MR) is 282 cm³/mol. The molecule has 0 aliphatic heterocycles. The van der Waals surface area contributed by atoms with E-state index in [0.717, 1.165) is 70.6 Å². The third-order valence-corrected chi connectivity index (χ3v) is 12.8. The number of allylic oxidation sites excluding steroid dienone is 10. The summed E-state index contributed by atoms with van der Waals surface area (Å²) < 4.78 is 34.8. The fourth-order valence-corrected chi connectivity index (χ4v) is 8.36. The van der Waals surface area contributed by atoms with Crippen molar-refractivity contribution in [3.63, 3.8) is 0 Å². The molecule has 0 radical (unpaired) electrons. The molecule has 66 heavy (non-hydrogen) atoms. The average Bonchev–Trinajstić information content (AvgIpc) is 3.28. The van der Waals surface area contributed by atoms with E-state index in [1.54, 1.807) is 0 Å². The molecule has 0 spiro atoms. The largest absolute Gasteiger partial charge is 0.756 e. The number of quaternary nitrogens is 1. The van der Waals surface area contributed by atoms with Crippen molar-refractivity contribution in [2.45, 2.75) is 245 Å². The van der Waals surface area contributed by atoms with Crippen LogP contribution in [0.3, 0.4) is 0 Å². The standard InChI is InChI=1S/C57H106NO7P/c1-6-8-10-12-14-16-18-20-22-24-26-28-29-30-31-33-35-37-39-41-43-45-47-49-52-62-54-56(55-64-66(60,61)63-53-51-58(3,4)5)65-57(59)50-48-46-44-42-40-38-36-34-32-27-25-23-21-19-17-15-13-11-9-7-2/h8,10,14,16,20,22,26,28,30-31,56H,6-7,9,11-13,15,17-19,21,23-25,27,29,32-55H2,1-5H3/b10-8-,16-14-,22-20-,28-26-,31-30-. The van der Waals surface area contributed by atoms with E-state index < -0.39 is 13.9 Å². The summed E-state index contributed by atoms with van der Waals surface area (Å²) in [6.45, 7) is 5.31. The Morgan fingerprint density at radius 2 is 0.879 bits per heavy atom. The Kier molecular flexibility index (Phi) is 48.3. The van der Waals surface area contributed by atoms with Gasteiger partial charge in [0, 0.05) is 13.0 Å². The van der Waals surface area contributed by atoms with Crippen molar-refractivity contribution in [3.05, 3.63) is 60.8 Å². The van der Waals surface area contributed by atoms with Crippen molar-refractivity contribution in [1.29, 1.82) is 0 Å². The molecule has 0 heterocycles. The number of hydrogen-bond acceptors (Lipinski definition) is 7. The van der Waals surface area contributed by atoms with E-state index in [2.05, 4.69) is 74.6 Å². The molecule has 0 aromatic carbocycles. The van der Waals surface area contributed by atoms with E-state index >= 15 is 0 Å². The minimum absolute atomic E-state index is 0.0236. The lowest BCUT2D eigenvalue weighted by Crippen LogP contribution is -2.37. The maximum absolute atomic E-state index is 12.8. The van der Waals surface area contributed by atoms with Crippen LogP contribution in [0.1, 0.15) is 239 Å². The Bertz CT molecular complexity index is 1240. The summed E-state index contributed by atoms with van der Waals surface area (Å²) in [5.74, 6) is -0.334. The van der Waals surface area contributed by atoms with Gasteiger partial charge in [-0.3, -0.25) is 9.36 Å². The molecule has 0 bridgehead atoms. The molecule has 386 valence electrons. The normalized spacial score (nSPS) is 14.0. The van der Waals surface area contributed by atoms with Gasteiger partial charge in [-0.15, -0.1) is 0 Å².